The average molecular weight is 390 g/mol. The van der Waals surface area contributed by atoms with E-state index in [1.165, 1.54) is 38.5 Å². The number of unbranched alkanes of at least 4 members (excludes halogenated alkanes) is 6. The van der Waals surface area contributed by atoms with Gasteiger partial charge in [-0.05, 0) is 24.8 Å². The standard InChI is InChI=1S/C23H34O5/c1-3-5-6-7-8-9-10-12-17-13-15-18(16-14-17)21(25)22(26)20(23(27)28)19(24)11-4-2/h13-16,20,22,26H,3-12H2,1-2H3,(H,27,28)/p-1. The molecule has 2 unspecified atom stereocenters. The number of rotatable bonds is 15. The summed E-state index contributed by atoms with van der Waals surface area (Å²) in [5.74, 6) is -4.98. The smallest absolute Gasteiger partial charge is 0.192 e. The van der Waals surface area contributed by atoms with Crippen molar-refractivity contribution in [2.45, 2.75) is 84.2 Å². The molecular weight excluding hydrogens is 356 g/mol. The molecule has 0 aliphatic heterocycles. The van der Waals surface area contributed by atoms with Crippen LogP contribution >= 0.6 is 0 Å². The zero-order valence-corrected chi connectivity index (χ0v) is 17.1. The average Bonchev–Trinajstić information content (AvgIpc) is 2.67. The molecule has 0 bridgehead atoms. The number of carboxylic acid groups (broad SMARTS) is 1. The summed E-state index contributed by atoms with van der Waals surface area (Å²) in [5, 5.41) is 21.4. The molecule has 28 heavy (non-hydrogen) atoms. The first-order valence-corrected chi connectivity index (χ1v) is 10.5. The molecular formula is C23H33O5-. The van der Waals surface area contributed by atoms with Crippen molar-refractivity contribution in [2.24, 2.45) is 5.92 Å². The van der Waals surface area contributed by atoms with E-state index in [1.807, 2.05) is 12.1 Å². The van der Waals surface area contributed by atoms with E-state index >= 15 is 0 Å². The Morgan fingerprint density at radius 2 is 1.46 bits per heavy atom. The second-order valence-electron chi connectivity index (χ2n) is 7.39. The van der Waals surface area contributed by atoms with Crippen LogP contribution in [0.1, 0.15) is 87.6 Å². The lowest BCUT2D eigenvalue weighted by Gasteiger charge is -2.21. The van der Waals surface area contributed by atoms with E-state index in [1.54, 1.807) is 19.1 Å². The lowest BCUT2D eigenvalue weighted by Crippen LogP contribution is -2.46. The number of ketones is 2. The SMILES string of the molecule is CCCCCCCCCc1ccc(C(=O)C(O)C(C(=O)[O-])C(=O)CCC)cc1. The van der Waals surface area contributed by atoms with Crippen molar-refractivity contribution in [2.75, 3.05) is 0 Å². The second kappa shape index (κ2) is 13.2. The van der Waals surface area contributed by atoms with Crippen LogP contribution < -0.4 is 5.11 Å². The van der Waals surface area contributed by atoms with Gasteiger partial charge in [-0.1, -0.05) is 76.6 Å². The van der Waals surface area contributed by atoms with Crippen LogP contribution in [0.4, 0.5) is 0 Å². The van der Waals surface area contributed by atoms with Gasteiger partial charge in [0.25, 0.3) is 0 Å². The molecule has 0 saturated carbocycles. The predicted octanol–water partition coefficient (Wildman–Crippen LogP) is 3.26. The minimum Gasteiger partial charge on any atom is -0.549 e. The molecule has 0 radical (unpaired) electrons. The molecule has 0 saturated heterocycles. The van der Waals surface area contributed by atoms with Crippen molar-refractivity contribution < 1.29 is 24.6 Å². The molecule has 0 aliphatic carbocycles. The summed E-state index contributed by atoms with van der Waals surface area (Å²) in [4.78, 5) is 35.5. The first-order chi connectivity index (χ1) is 13.4. The van der Waals surface area contributed by atoms with E-state index < -0.39 is 29.6 Å². The molecule has 2 atom stereocenters. The van der Waals surface area contributed by atoms with Crippen LogP contribution in [0.5, 0.6) is 0 Å². The first-order valence-electron chi connectivity index (χ1n) is 10.5. The number of hydrogen-bond acceptors (Lipinski definition) is 5. The highest BCUT2D eigenvalue weighted by atomic mass is 16.4. The van der Waals surface area contributed by atoms with Crippen LogP contribution in [-0.4, -0.2) is 28.7 Å². The highest BCUT2D eigenvalue weighted by molar-refractivity contribution is 6.08. The molecule has 1 N–H and O–H groups in total. The molecule has 1 aromatic carbocycles. The van der Waals surface area contributed by atoms with Crippen molar-refractivity contribution in [1.82, 2.24) is 0 Å². The fourth-order valence-electron chi connectivity index (χ4n) is 3.28. The Kier molecular flexibility index (Phi) is 11.3. The summed E-state index contributed by atoms with van der Waals surface area (Å²) < 4.78 is 0. The molecule has 0 heterocycles. The molecule has 0 fully saturated rings. The van der Waals surface area contributed by atoms with Crippen molar-refractivity contribution in [3.05, 3.63) is 35.4 Å². The minimum absolute atomic E-state index is 0.0135. The summed E-state index contributed by atoms with van der Waals surface area (Å²) in [6.07, 6.45) is 8.03. The second-order valence-corrected chi connectivity index (χ2v) is 7.39. The van der Waals surface area contributed by atoms with Gasteiger partial charge in [-0.15, -0.1) is 0 Å². The Morgan fingerprint density at radius 1 is 0.893 bits per heavy atom. The monoisotopic (exact) mass is 389 g/mol. The van der Waals surface area contributed by atoms with Crippen molar-refractivity contribution >= 4 is 17.5 Å². The Morgan fingerprint density at radius 3 is 2.00 bits per heavy atom. The fraction of sp³-hybridized carbons (Fsp3) is 0.609. The van der Waals surface area contributed by atoms with Crippen molar-refractivity contribution in [1.29, 1.82) is 0 Å². The Balaban J connectivity index is 2.57. The summed E-state index contributed by atoms with van der Waals surface area (Å²) in [5.41, 5.74) is 1.30. The molecule has 0 aliphatic rings. The number of aryl methyl sites for hydroxylation is 1. The van der Waals surface area contributed by atoms with Gasteiger partial charge in [-0.3, -0.25) is 9.59 Å². The van der Waals surface area contributed by atoms with Gasteiger partial charge in [-0.2, -0.15) is 0 Å². The molecule has 1 rings (SSSR count). The van der Waals surface area contributed by atoms with Gasteiger partial charge in [0.15, 0.2) is 5.78 Å². The molecule has 0 amide bonds. The van der Waals surface area contributed by atoms with Gasteiger partial charge in [0, 0.05) is 12.0 Å². The normalized spacial score (nSPS) is 13.1. The maximum absolute atomic E-state index is 12.4. The fourth-order valence-corrected chi connectivity index (χ4v) is 3.28. The summed E-state index contributed by atoms with van der Waals surface area (Å²) >= 11 is 0. The number of hydrogen-bond donors (Lipinski definition) is 1. The number of aliphatic hydroxyl groups is 1. The maximum Gasteiger partial charge on any atom is 0.192 e. The largest absolute Gasteiger partial charge is 0.549 e. The highest BCUT2D eigenvalue weighted by Gasteiger charge is 2.33. The topological polar surface area (TPSA) is 94.5 Å². The van der Waals surface area contributed by atoms with E-state index in [4.69, 9.17) is 0 Å². The molecule has 156 valence electrons. The Hall–Kier alpha value is -2.01. The summed E-state index contributed by atoms with van der Waals surface area (Å²) in [6.45, 7) is 3.93. The third-order valence-electron chi connectivity index (χ3n) is 4.99. The molecule has 0 spiro atoms. The summed E-state index contributed by atoms with van der Waals surface area (Å²) in [6, 6.07) is 6.80. The zero-order chi connectivity index (χ0) is 20.9. The number of Topliss-reactive ketones (excluding diaryl/α,β-unsaturated/α-hetero) is 2. The molecule has 5 heteroatoms. The third-order valence-corrected chi connectivity index (χ3v) is 4.99. The first kappa shape index (κ1) is 24.0. The minimum atomic E-state index is -1.92. The number of aliphatic carboxylic acids is 1. The lowest BCUT2D eigenvalue weighted by atomic mass is 9.89. The highest BCUT2D eigenvalue weighted by Crippen LogP contribution is 2.17. The van der Waals surface area contributed by atoms with Gasteiger partial charge in [0.05, 0.1) is 11.9 Å². The zero-order valence-electron chi connectivity index (χ0n) is 17.1. The van der Waals surface area contributed by atoms with Gasteiger partial charge in [-0.25, -0.2) is 0 Å². The van der Waals surface area contributed by atoms with Crippen LogP contribution in [0.25, 0.3) is 0 Å². The third kappa shape index (κ3) is 7.93. The Bertz CT molecular complexity index is 620. The number of carbonyl (C=O) groups excluding carboxylic acids is 3. The van der Waals surface area contributed by atoms with Gasteiger partial charge in [0.1, 0.15) is 11.9 Å². The van der Waals surface area contributed by atoms with Crippen molar-refractivity contribution in [3.8, 4) is 0 Å². The van der Waals surface area contributed by atoms with Crippen LogP contribution in [0, 0.1) is 5.92 Å². The van der Waals surface area contributed by atoms with Crippen LogP contribution in [0.3, 0.4) is 0 Å². The number of carboxylic acids is 1. The molecule has 1 aromatic rings. The van der Waals surface area contributed by atoms with Crippen LogP contribution in [0.15, 0.2) is 24.3 Å². The lowest BCUT2D eigenvalue weighted by molar-refractivity contribution is -0.311. The van der Waals surface area contributed by atoms with E-state index in [-0.39, 0.29) is 12.0 Å². The Labute approximate surface area is 168 Å². The van der Waals surface area contributed by atoms with Gasteiger partial charge >= 0.3 is 0 Å². The predicted molar refractivity (Wildman–Crippen MR) is 107 cm³/mol. The quantitative estimate of drug-likeness (QED) is 0.282. The number of aliphatic hydroxyl groups excluding tert-OH is 1. The number of carbonyl (C=O) groups is 3. The van der Waals surface area contributed by atoms with Crippen molar-refractivity contribution in [3.63, 3.8) is 0 Å². The van der Waals surface area contributed by atoms with E-state index in [0.29, 0.717) is 6.42 Å². The van der Waals surface area contributed by atoms with E-state index in [2.05, 4.69) is 6.92 Å². The van der Waals surface area contributed by atoms with Gasteiger partial charge in [0.2, 0.25) is 0 Å². The van der Waals surface area contributed by atoms with Crippen LogP contribution in [-0.2, 0) is 16.0 Å². The van der Waals surface area contributed by atoms with Crippen LogP contribution in [0.2, 0.25) is 0 Å². The maximum atomic E-state index is 12.4. The van der Waals surface area contributed by atoms with E-state index in [0.717, 1.165) is 18.4 Å². The molecule has 5 nitrogen and oxygen atoms in total. The number of benzene rings is 1. The van der Waals surface area contributed by atoms with E-state index in [9.17, 15) is 24.6 Å². The summed E-state index contributed by atoms with van der Waals surface area (Å²) in [7, 11) is 0. The molecule has 0 aromatic heterocycles. The van der Waals surface area contributed by atoms with Gasteiger partial charge < -0.3 is 15.0 Å².